The highest BCUT2D eigenvalue weighted by atomic mass is 32.2. The molecule has 4 heterocycles. The molecule has 6 N–H and O–H groups in total. The van der Waals surface area contributed by atoms with Crippen LogP contribution in [0.5, 0.6) is 0 Å². The zero-order chi connectivity index (χ0) is 34.4. The van der Waals surface area contributed by atoms with Crippen LogP contribution in [0.2, 0.25) is 0 Å². The largest absolute Gasteiger partial charge is 0.481 e. The number of hydrogen-bond acceptors (Lipinski definition) is 17. The van der Waals surface area contributed by atoms with E-state index in [0.29, 0.717) is 31.1 Å². The minimum atomic E-state index is -1.33. The van der Waals surface area contributed by atoms with Gasteiger partial charge in [0.15, 0.2) is 5.13 Å². The Balaban J connectivity index is 1.31. The van der Waals surface area contributed by atoms with Crippen molar-refractivity contribution in [3.05, 3.63) is 5.82 Å². The summed E-state index contributed by atoms with van der Waals surface area (Å²) in [6.07, 6.45) is 0.762. The van der Waals surface area contributed by atoms with E-state index in [-0.39, 0.29) is 29.0 Å². The normalized spacial score (nSPS) is 21.0. The number of nitrogens with two attached hydrogens (primary N) is 1. The number of amides is 3. The zero-order valence-corrected chi connectivity index (χ0v) is 27.9. The molecule has 4 rings (SSSR count). The van der Waals surface area contributed by atoms with Crippen molar-refractivity contribution in [3.63, 3.8) is 0 Å². The van der Waals surface area contributed by atoms with Crippen LogP contribution < -0.4 is 16.4 Å². The van der Waals surface area contributed by atoms with Gasteiger partial charge in [0, 0.05) is 42.7 Å². The fraction of sp³-hybridized carbons (Fsp3) is 0.625. The van der Waals surface area contributed by atoms with E-state index in [0.717, 1.165) is 23.3 Å². The Morgan fingerprint density at radius 3 is 2.66 bits per heavy atom. The highest BCUT2D eigenvalue weighted by molar-refractivity contribution is 8.00. The molecule has 23 heteroatoms. The fourth-order valence-electron chi connectivity index (χ4n) is 4.32. The van der Waals surface area contributed by atoms with Gasteiger partial charge < -0.3 is 41.1 Å². The van der Waals surface area contributed by atoms with Gasteiger partial charge in [-0.3, -0.25) is 14.4 Å². The van der Waals surface area contributed by atoms with Gasteiger partial charge in [0.1, 0.15) is 22.4 Å². The van der Waals surface area contributed by atoms with Gasteiger partial charge in [-0.05, 0) is 44.0 Å². The van der Waals surface area contributed by atoms with E-state index in [1.165, 1.54) is 16.7 Å². The number of anilines is 1. The summed E-state index contributed by atoms with van der Waals surface area (Å²) in [6.45, 7) is 5.22. The number of unbranched alkanes of at least 4 members (excludes halogenated alkanes) is 1. The molecule has 2 saturated heterocycles. The van der Waals surface area contributed by atoms with Gasteiger partial charge in [0.05, 0.1) is 0 Å². The monoisotopic (exact) mass is 715 g/mol. The Kier molecular flexibility index (Phi) is 11.4. The molecule has 0 bridgehead atoms. The van der Waals surface area contributed by atoms with Gasteiger partial charge in [-0.25, -0.2) is 14.3 Å². The third-order valence-electron chi connectivity index (χ3n) is 6.54. The molecule has 0 aliphatic carbocycles. The van der Waals surface area contributed by atoms with Crippen molar-refractivity contribution < 1.29 is 43.8 Å². The van der Waals surface area contributed by atoms with Crippen molar-refractivity contribution in [1.29, 1.82) is 0 Å². The number of aryl methyl sites for hydroxylation is 1. The van der Waals surface area contributed by atoms with Crippen LogP contribution in [-0.4, -0.2) is 128 Å². The van der Waals surface area contributed by atoms with Gasteiger partial charge in [-0.1, -0.05) is 16.9 Å². The van der Waals surface area contributed by atoms with Crippen LogP contribution in [0.3, 0.4) is 0 Å². The molecular formula is C24H33N11O9S3. The second kappa shape index (κ2) is 15.1. The lowest BCUT2D eigenvalue weighted by Crippen LogP contribution is -2.74. The van der Waals surface area contributed by atoms with Crippen molar-refractivity contribution in [2.75, 3.05) is 36.9 Å². The summed E-state index contributed by atoms with van der Waals surface area (Å²) in [4.78, 5) is 71.2. The number of thioether (sulfide) groups is 2. The molecule has 256 valence electrons. The fourth-order valence-corrected chi connectivity index (χ4v) is 7.52. The van der Waals surface area contributed by atoms with Crippen LogP contribution in [0, 0.1) is 5.41 Å². The Hall–Kier alpha value is -4.25. The predicted octanol–water partition coefficient (Wildman–Crippen LogP) is -0.520. The van der Waals surface area contributed by atoms with E-state index < -0.39 is 64.6 Å². The predicted molar refractivity (Wildman–Crippen MR) is 166 cm³/mol. The number of aliphatic carboxylic acids is 2. The van der Waals surface area contributed by atoms with Gasteiger partial charge in [0.2, 0.25) is 29.2 Å². The number of ether oxygens (including phenoxy) is 1. The average molecular weight is 716 g/mol. The smallest absolute Gasteiger partial charge is 0.407 e. The van der Waals surface area contributed by atoms with Crippen LogP contribution >= 0.6 is 35.1 Å². The number of β-lactam (4-membered cyclic amide) rings is 1. The quantitative estimate of drug-likeness (QED) is 0.0510. The first-order valence-corrected chi connectivity index (χ1v) is 16.8. The number of hydrogen-bond donors (Lipinski definition) is 5. The highest BCUT2D eigenvalue weighted by Gasteiger charge is 2.57. The highest BCUT2D eigenvalue weighted by Crippen LogP contribution is 2.44. The second-order valence-corrected chi connectivity index (χ2v) is 14.2. The Morgan fingerprint density at radius 1 is 1.23 bits per heavy atom. The number of oxime groups is 1. The third kappa shape index (κ3) is 9.18. The SMILES string of the molecule is CC(C)(C)OC(=O)NCCCCn1nnnc1SCC1(C(=O)O)CS[C@@H]2C(NC(=O)C(=NOCC(=O)O)c3nsc(N)n3)C(=O)N2C1. The average Bonchev–Trinajstić information content (AvgIpc) is 3.63. The standard InChI is InChI=1S/C24H33N11O9S3/c1-23(2,3)44-22(42)26-6-4-5-7-35-21(29-32-33-35)46-11-24(19(40)41)9-34-17(39)14(18(34)45-10-24)27-16(38)13(30-43-8-12(36)37)15-28-20(25)47-31-15/h14,18H,4-11H2,1-3H3,(H,26,42)(H,27,38)(H,36,37)(H,40,41)(H2,25,28,31)/t14?,18-,24?/m1/s1. The van der Waals surface area contributed by atoms with Crippen LogP contribution in [0.15, 0.2) is 10.3 Å². The number of nitrogen functional groups attached to an aromatic ring is 1. The molecule has 0 aromatic carbocycles. The lowest BCUT2D eigenvalue weighted by molar-refractivity contribution is -0.157. The van der Waals surface area contributed by atoms with E-state index in [4.69, 9.17) is 20.4 Å². The first kappa shape index (κ1) is 35.6. The van der Waals surface area contributed by atoms with E-state index in [1.54, 1.807) is 25.5 Å². The number of alkyl carbamates (subject to hydrolysis) is 1. The number of fused-ring (bicyclic) bond motifs is 1. The van der Waals surface area contributed by atoms with Crippen molar-refractivity contribution in [2.24, 2.45) is 10.6 Å². The van der Waals surface area contributed by atoms with Crippen LogP contribution in [0.4, 0.5) is 9.93 Å². The maximum absolute atomic E-state index is 13.1. The molecule has 3 amide bonds. The molecular weight excluding hydrogens is 683 g/mol. The minimum absolute atomic E-state index is 0.0250. The molecule has 2 aromatic heterocycles. The Labute approximate surface area is 279 Å². The number of carboxylic acid groups (broad SMARTS) is 2. The van der Waals surface area contributed by atoms with E-state index in [1.807, 2.05) is 0 Å². The third-order valence-corrected chi connectivity index (χ3v) is 9.92. The molecule has 2 aliphatic heterocycles. The van der Waals surface area contributed by atoms with Gasteiger partial charge in [0.25, 0.3) is 5.91 Å². The van der Waals surface area contributed by atoms with E-state index >= 15 is 0 Å². The molecule has 3 atom stereocenters. The Morgan fingerprint density at radius 2 is 2.00 bits per heavy atom. The summed E-state index contributed by atoms with van der Waals surface area (Å²) in [5.74, 6) is -3.85. The van der Waals surface area contributed by atoms with Crippen molar-refractivity contribution in [3.8, 4) is 0 Å². The molecule has 0 saturated carbocycles. The minimum Gasteiger partial charge on any atom is -0.481 e. The summed E-state index contributed by atoms with van der Waals surface area (Å²) in [5, 5.41) is 39.4. The summed E-state index contributed by atoms with van der Waals surface area (Å²) in [6, 6.07) is -1.01. The number of aromatic nitrogens is 6. The summed E-state index contributed by atoms with van der Waals surface area (Å²) >= 11 is 3.13. The molecule has 0 radical (unpaired) electrons. The van der Waals surface area contributed by atoms with Crippen LogP contribution in [0.25, 0.3) is 0 Å². The number of carbonyl (C=O) groups is 5. The topological polar surface area (TPSA) is 279 Å². The summed E-state index contributed by atoms with van der Waals surface area (Å²) in [5.41, 5.74) is 3.20. The molecule has 20 nitrogen and oxygen atoms in total. The summed E-state index contributed by atoms with van der Waals surface area (Å²) < 4.78 is 10.7. The van der Waals surface area contributed by atoms with Gasteiger partial charge >= 0.3 is 18.0 Å². The lowest BCUT2D eigenvalue weighted by atomic mass is 9.89. The first-order chi connectivity index (χ1) is 22.2. The molecule has 47 heavy (non-hydrogen) atoms. The second-order valence-electron chi connectivity index (χ2n) is 11.4. The van der Waals surface area contributed by atoms with Crippen LogP contribution in [-0.2, 0) is 35.3 Å². The molecule has 2 fully saturated rings. The molecule has 2 aromatic rings. The number of rotatable bonds is 15. The van der Waals surface area contributed by atoms with Crippen molar-refractivity contribution >= 4 is 75.7 Å². The molecule has 2 aliphatic rings. The maximum atomic E-state index is 13.1. The van der Waals surface area contributed by atoms with Crippen LogP contribution in [0.1, 0.15) is 39.4 Å². The first-order valence-electron chi connectivity index (χ1n) is 14.0. The lowest BCUT2D eigenvalue weighted by Gasteiger charge is -2.53. The van der Waals surface area contributed by atoms with E-state index in [9.17, 15) is 29.1 Å². The maximum Gasteiger partial charge on any atom is 0.407 e. The number of nitrogens with zero attached hydrogens (tertiary/aromatic N) is 8. The Bertz CT molecular complexity index is 1530. The van der Waals surface area contributed by atoms with Crippen molar-refractivity contribution in [2.45, 2.75) is 62.3 Å². The number of carboxylic acids is 2. The molecule has 0 spiro atoms. The number of nitrogens with one attached hydrogen (secondary N) is 2. The van der Waals surface area contributed by atoms with Gasteiger partial charge in [-0.15, -0.1) is 16.9 Å². The number of tetrazole rings is 1. The molecule has 2 unspecified atom stereocenters. The van der Waals surface area contributed by atoms with Gasteiger partial charge in [-0.2, -0.15) is 9.36 Å². The van der Waals surface area contributed by atoms with E-state index in [2.05, 4.69) is 40.7 Å². The summed E-state index contributed by atoms with van der Waals surface area (Å²) in [7, 11) is 0. The number of carbonyl (C=O) groups excluding carboxylic acids is 3. The van der Waals surface area contributed by atoms with Crippen molar-refractivity contribution in [1.82, 2.24) is 45.1 Å². The zero-order valence-electron chi connectivity index (χ0n) is 25.4.